The van der Waals surface area contributed by atoms with E-state index in [0.29, 0.717) is 25.0 Å². The maximum atomic E-state index is 12.7. The number of nitrogens with one attached hydrogen (secondary N) is 2. The molecule has 0 saturated carbocycles. The quantitative estimate of drug-likeness (QED) is 0.640. The van der Waals surface area contributed by atoms with Gasteiger partial charge in [-0.1, -0.05) is 6.07 Å². The predicted octanol–water partition coefficient (Wildman–Crippen LogP) is 0.417. The SMILES string of the molecule is NCC1CN(C2CCc3cc(-n4ccc(NC(=O)N5CCNCC5)nc4=O)ccc3C2)C1. The van der Waals surface area contributed by atoms with Gasteiger partial charge in [0.15, 0.2) is 0 Å². The van der Waals surface area contributed by atoms with Crippen LogP contribution < -0.4 is 22.1 Å². The summed E-state index contributed by atoms with van der Waals surface area (Å²) < 4.78 is 1.54. The molecule has 1 unspecified atom stereocenters. The lowest BCUT2D eigenvalue weighted by Crippen LogP contribution is -2.55. The molecule has 2 aromatic rings. The highest BCUT2D eigenvalue weighted by Gasteiger charge is 2.33. The van der Waals surface area contributed by atoms with Gasteiger partial charge in [0.05, 0.1) is 5.69 Å². The van der Waals surface area contributed by atoms with E-state index in [4.69, 9.17) is 5.73 Å². The zero-order chi connectivity index (χ0) is 22.1. The van der Waals surface area contributed by atoms with Gasteiger partial charge >= 0.3 is 11.7 Å². The first-order valence-electron chi connectivity index (χ1n) is 11.5. The zero-order valence-electron chi connectivity index (χ0n) is 18.3. The van der Waals surface area contributed by atoms with Crippen molar-refractivity contribution in [3.8, 4) is 5.69 Å². The average molecular weight is 438 g/mol. The summed E-state index contributed by atoms with van der Waals surface area (Å²) in [7, 11) is 0. The minimum absolute atomic E-state index is 0.223. The number of carbonyl (C=O) groups excluding carboxylic acids is 1. The van der Waals surface area contributed by atoms with Crippen LogP contribution in [0.15, 0.2) is 35.3 Å². The average Bonchev–Trinajstić information content (AvgIpc) is 2.79. The Hall–Kier alpha value is -2.75. The van der Waals surface area contributed by atoms with E-state index in [1.165, 1.54) is 15.7 Å². The number of carbonyl (C=O) groups is 1. The summed E-state index contributed by atoms with van der Waals surface area (Å²) in [5.41, 5.74) is 8.85. The number of fused-ring (bicyclic) bond motifs is 1. The van der Waals surface area contributed by atoms with Gasteiger partial charge in [0.2, 0.25) is 0 Å². The molecule has 1 atom stereocenters. The Morgan fingerprint density at radius 2 is 2.00 bits per heavy atom. The molecule has 2 saturated heterocycles. The van der Waals surface area contributed by atoms with Gasteiger partial charge in [0.25, 0.3) is 0 Å². The van der Waals surface area contributed by atoms with Gasteiger partial charge in [-0.25, -0.2) is 9.59 Å². The lowest BCUT2D eigenvalue weighted by molar-refractivity contribution is 0.0504. The second kappa shape index (κ2) is 9.01. The van der Waals surface area contributed by atoms with Crippen LogP contribution in [0.5, 0.6) is 0 Å². The Morgan fingerprint density at radius 1 is 1.19 bits per heavy atom. The molecular weight excluding hydrogens is 406 g/mol. The maximum absolute atomic E-state index is 12.7. The minimum atomic E-state index is -0.398. The van der Waals surface area contributed by atoms with Gasteiger partial charge < -0.3 is 16.0 Å². The van der Waals surface area contributed by atoms with E-state index in [1.807, 2.05) is 6.07 Å². The topological polar surface area (TPSA) is 109 Å². The van der Waals surface area contributed by atoms with Crippen LogP contribution in [0.1, 0.15) is 17.5 Å². The Bertz CT molecular complexity index is 1040. The summed E-state index contributed by atoms with van der Waals surface area (Å²) >= 11 is 0. The van der Waals surface area contributed by atoms with E-state index in [0.717, 1.165) is 57.7 Å². The summed E-state index contributed by atoms with van der Waals surface area (Å²) in [5.74, 6) is 0.934. The second-order valence-corrected chi connectivity index (χ2v) is 9.04. The van der Waals surface area contributed by atoms with Crippen LogP contribution >= 0.6 is 0 Å². The molecule has 4 N–H and O–H groups in total. The van der Waals surface area contributed by atoms with Gasteiger partial charge in [-0.3, -0.25) is 14.8 Å². The normalized spacial score (nSPS) is 21.7. The molecule has 5 rings (SSSR count). The molecule has 2 amide bonds. The van der Waals surface area contributed by atoms with Gasteiger partial charge in [0.1, 0.15) is 5.82 Å². The summed E-state index contributed by atoms with van der Waals surface area (Å²) in [5, 5.41) is 5.95. The zero-order valence-corrected chi connectivity index (χ0v) is 18.3. The number of aryl methyl sites for hydroxylation is 1. The Balaban J connectivity index is 1.26. The fourth-order valence-electron chi connectivity index (χ4n) is 4.97. The molecular formula is C23H31N7O2. The first-order valence-corrected chi connectivity index (χ1v) is 11.5. The smallest absolute Gasteiger partial charge is 0.330 e. The van der Waals surface area contributed by atoms with E-state index < -0.39 is 5.69 Å². The molecule has 0 spiro atoms. The van der Waals surface area contributed by atoms with Crippen LogP contribution in [0, 0.1) is 5.92 Å². The van der Waals surface area contributed by atoms with Crippen molar-refractivity contribution in [2.75, 3.05) is 51.1 Å². The molecule has 3 heterocycles. The van der Waals surface area contributed by atoms with Crippen molar-refractivity contribution in [1.29, 1.82) is 0 Å². The predicted molar refractivity (Wildman–Crippen MR) is 123 cm³/mol. The molecule has 0 bridgehead atoms. The lowest BCUT2D eigenvalue weighted by Gasteiger charge is -2.45. The number of hydrogen-bond acceptors (Lipinski definition) is 6. The molecule has 2 aliphatic heterocycles. The molecule has 0 radical (unpaired) electrons. The van der Waals surface area contributed by atoms with Gasteiger partial charge in [-0.2, -0.15) is 4.98 Å². The number of likely N-dealkylation sites (tertiary alicyclic amines) is 1. The van der Waals surface area contributed by atoms with Crippen LogP contribution in [0.2, 0.25) is 0 Å². The molecule has 3 aliphatic rings. The molecule has 1 aromatic carbocycles. The number of aromatic nitrogens is 2. The number of piperazine rings is 1. The molecule has 9 nitrogen and oxygen atoms in total. The van der Waals surface area contributed by atoms with E-state index in [9.17, 15) is 9.59 Å². The first kappa shape index (κ1) is 21.1. The fraction of sp³-hybridized carbons (Fsp3) is 0.522. The van der Waals surface area contributed by atoms with Crippen molar-refractivity contribution >= 4 is 11.8 Å². The highest BCUT2D eigenvalue weighted by atomic mass is 16.2. The molecule has 170 valence electrons. The number of rotatable bonds is 4. The summed E-state index contributed by atoms with van der Waals surface area (Å²) in [6.07, 6.45) is 4.89. The number of nitrogens with two attached hydrogens (primary N) is 1. The van der Waals surface area contributed by atoms with Crippen LogP contribution in [0.4, 0.5) is 10.6 Å². The van der Waals surface area contributed by atoms with Crippen molar-refractivity contribution in [1.82, 2.24) is 24.7 Å². The lowest BCUT2D eigenvalue weighted by atomic mass is 9.84. The summed E-state index contributed by atoms with van der Waals surface area (Å²) in [4.78, 5) is 33.4. The fourth-order valence-corrected chi connectivity index (χ4v) is 4.97. The summed E-state index contributed by atoms with van der Waals surface area (Å²) in [6, 6.07) is 8.28. The third kappa shape index (κ3) is 4.28. The largest absolute Gasteiger partial charge is 0.354 e. The van der Waals surface area contributed by atoms with E-state index in [-0.39, 0.29) is 11.8 Å². The molecule has 9 heteroatoms. The highest BCUT2D eigenvalue weighted by molar-refractivity contribution is 5.88. The van der Waals surface area contributed by atoms with Gasteiger partial charge in [-0.05, 0) is 61.1 Å². The van der Waals surface area contributed by atoms with E-state index >= 15 is 0 Å². The number of urea groups is 1. The number of amides is 2. The van der Waals surface area contributed by atoms with Gasteiger partial charge in [0, 0.05) is 51.5 Å². The molecule has 32 heavy (non-hydrogen) atoms. The van der Waals surface area contributed by atoms with E-state index in [2.05, 4.69) is 32.7 Å². The third-order valence-electron chi connectivity index (χ3n) is 6.95. The maximum Gasteiger partial charge on any atom is 0.354 e. The Labute approximate surface area is 187 Å². The van der Waals surface area contributed by atoms with Gasteiger partial charge in [-0.15, -0.1) is 0 Å². The number of nitrogens with zero attached hydrogens (tertiary/aromatic N) is 4. The van der Waals surface area contributed by atoms with Crippen molar-refractivity contribution in [2.45, 2.75) is 25.3 Å². The Kier molecular flexibility index (Phi) is 5.95. The van der Waals surface area contributed by atoms with Crippen molar-refractivity contribution in [3.05, 3.63) is 52.1 Å². The van der Waals surface area contributed by atoms with Crippen LogP contribution in [-0.2, 0) is 12.8 Å². The third-order valence-corrected chi connectivity index (χ3v) is 6.95. The number of benzene rings is 1. The molecule has 1 aromatic heterocycles. The van der Waals surface area contributed by atoms with Crippen molar-refractivity contribution < 1.29 is 4.79 Å². The van der Waals surface area contributed by atoms with E-state index in [1.54, 1.807) is 17.2 Å². The van der Waals surface area contributed by atoms with Crippen LogP contribution in [0.3, 0.4) is 0 Å². The highest BCUT2D eigenvalue weighted by Crippen LogP contribution is 2.30. The van der Waals surface area contributed by atoms with Crippen molar-refractivity contribution in [2.24, 2.45) is 11.7 Å². The summed E-state index contributed by atoms with van der Waals surface area (Å²) in [6.45, 7) is 5.85. The van der Waals surface area contributed by atoms with Crippen LogP contribution in [-0.4, -0.2) is 77.2 Å². The monoisotopic (exact) mass is 437 g/mol. The van der Waals surface area contributed by atoms with Crippen molar-refractivity contribution in [3.63, 3.8) is 0 Å². The second-order valence-electron chi connectivity index (χ2n) is 9.04. The minimum Gasteiger partial charge on any atom is -0.330 e. The standard InChI is InChI=1S/C23H31N7O2/c24-13-16-14-29(15-16)19-3-1-18-12-20(4-2-17(18)11-19)30-8-5-21(27-23(30)32)26-22(31)28-9-6-25-7-10-28/h2,4-5,8,12,16,19,25H,1,3,6-7,9-11,13-15,24H2,(H,26,27,31,32). The molecule has 1 aliphatic carbocycles. The molecule has 2 fully saturated rings. The number of anilines is 1. The Morgan fingerprint density at radius 3 is 2.75 bits per heavy atom. The first-order chi connectivity index (χ1) is 15.6. The van der Waals surface area contributed by atoms with Crippen LogP contribution in [0.25, 0.3) is 5.69 Å². The number of hydrogen-bond donors (Lipinski definition) is 3.